The highest BCUT2D eigenvalue weighted by Crippen LogP contribution is 2.39. The van der Waals surface area contributed by atoms with Crippen LogP contribution in [0.2, 0.25) is 0 Å². The third-order valence-electron chi connectivity index (χ3n) is 4.28. The van der Waals surface area contributed by atoms with Crippen LogP contribution < -0.4 is 11.3 Å². The fourth-order valence-corrected chi connectivity index (χ4v) is 4.12. The number of ether oxygens (including phenoxy) is 1. The number of rotatable bonds is 7. The molecule has 0 radical (unpaired) electrons. The van der Waals surface area contributed by atoms with Crippen LogP contribution in [0.5, 0.6) is 0 Å². The Hall–Kier alpha value is -3.14. The number of aromatic amines is 2. The zero-order valence-electron chi connectivity index (χ0n) is 16.2. The summed E-state index contributed by atoms with van der Waals surface area (Å²) in [4.78, 5) is 33.0. The maximum Gasteiger partial charge on any atom is 0.404 e. The first-order valence-electron chi connectivity index (χ1n) is 9.06. The Labute approximate surface area is 175 Å². The van der Waals surface area contributed by atoms with Gasteiger partial charge in [-0.1, -0.05) is 31.7 Å². The number of imidazole rings is 1. The van der Waals surface area contributed by atoms with Crippen molar-refractivity contribution in [2.75, 3.05) is 0 Å². The van der Waals surface area contributed by atoms with E-state index < -0.39 is 17.7 Å². The van der Waals surface area contributed by atoms with Crippen molar-refractivity contribution in [1.82, 2.24) is 15.0 Å². The van der Waals surface area contributed by atoms with Gasteiger partial charge < -0.3 is 20.4 Å². The Morgan fingerprint density at radius 1 is 1.23 bits per heavy atom. The number of hydrogen-bond acceptors (Lipinski definition) is 5. The molecule has 0 bridgehead atoms. The van der Waals surface area contributed by atoms with Crippen LogP contribution in [0.1, 0.15) is 36.8 Å². The van der Waals surface area contributed by atoms with Crippen LogP contribution >= 0.6 is 11.8 Å². The van der Waals surface area contributed by atoms with E-state index in [1.165, 1.54) is 18.2 Å². The molecule has 2 heterocycles. The third-order valence-corrected chi connectivity index (χ3v) is 5.27. The van der Waals surface area contributed by atoms with Crippen molar-refractivity contribution in [2.45, 2.75) is 36.3 Å². The lowest BCUT2D eigenvalue weighted by molar-refractivity contribution is 0.147. The molecular weight excluding hydrogens is 414 g/mol. The van der Waals surface area contributed by atoms with Crippen LogP contribution in [-0.4, -0.2) is 21.0 Å². The van der Waals surface area contributed by atoms with Gasteiger partial charge >= 0.3 is 6.09 Å². The molecule has 0 saturated carbocycles. The standard InChI is InChI=1S/C20H20F2N4O3S/c1-10(2)17(11-3-4-16(27)24-8-11)18-19(26-15(25-18)9-29-20(23)28)30-14-6-12(21)5-13(22)7-14/h3-8,10,17H,9H2,1-2H3,(H2,23,28)(H,24,27)(H,25,26). The molecule has 0 aliphatic carbocycles. The van der Waals surface area contributed by atoms with Crippen LogP contribution in [0.3, 0.4) is 0 Å². The van der Waals surface area contributed by atoms with Gasteiger partial charge in [-0.2, -0.15) is 0 Å². The Kier molecular flexibility index (Phi) is 6.56. The molecule has 1 atom stereocenters. The van der Waals surface area contributed by atoms with E-state index in [9.17, 15) is 18.4 Å². The molecule has 158 valence electrons. The second-order valence-corrected chi connectivity index (χ2v) is 8.00. The van der Waals surface area contributed by atoms with Gasteiger partial charge in [0.1, 0.15) is 22.5 Å². The summed E-state index contributed by atoms with van der Waals surface area (Å²) in [6.07, 6.45) is 0.660. The summed E-state index contributed by atoms with van der Waals surface area (Å²) in [6, 6.07) is 6.34. The van der Waals surface area contributed by atoms with Gasteiger partial charge in [0.2, 0.25) is 5.56 Å². The van der Waals surface area contributed by atoms with E-state index in [0.29, 0.717) is 21.4 Å². The van der Waals surface area contributed by atoms with E-state index >= 15 is 0 Å². The van der Waals surface area contributed by atoms with E-state index in [1.807, 2.05) is 13.8 Å². The second-order valence-electron chi connectivity index (χ2n) is 6.92. The van der Waals surface area contributed by atoms with Gasteiger partial charge in [-0.15, -0.1) is 0 Å². The molecule has 1 aromatic carbocycles. The summed E-state index contributed by atoms with van der Waals surface area (Å²) in [7, 11) is 0. The number of carbonyl (C=O) groups excluding carboxylic acids is 1. The van der Waals surface area contributed by atoms with E-state index in [2.05, 4.69) is 15.0 Å². The Balaban J connectivity index is 2.05. The molecule has 0 aliphatic heterocycles. The maximum atomic E-state index is 13.7. The third kappa shape index (κ3) is 5.26. The summed E-state index contributed by atoms with van der Waals surface area (Å²) in [5, 5.41) is 0.535. The van der Waals surface area contributed by atoms with Crippen molar-refractivity contribution in [3.63, 3.8) is 0 Å². The number of nitrogens with zero attached hydrogens (tertiary/aromatic N) is 1. The molecular formula is C20H20F2N4O3S. The lowest BCUT2D eigenvalue weighted by atomic mass is 9.87. The molecule has 2 aromatic heterocycles. The summed E-state index contributed by atoms with van der Waals surface area (Å²) < 4.78 is 32.1. The zero-order valence-corrected chi connectivity index (χ0v) is 17.1. The van der Waals surface area contributed by atoms with Crippen molar-refractivity contribution in [1.29, 1.82) is 0 Å². The average Bonchev–Trinajstić information content (AvgIpc) is 3.03. The highest BCUT2D eigenvalue weighted by Gasteiger charge is 2.26. The number of nitrogens with two attached hydrogens (primary N) is 1. The summed E-state index contributed by atoms with van der Waals surface area (Å²) in [6.45, 7) is 3.79. The van der Waals surface area contributed by atoms with Gasteiger partial charge in [0.25, 0.3) is 0 Å². The molecule has 0 saturated heterocycles. The summed E-state index contributed by atoms with van der Waals surface area (Å²) >= 11 is 1.10. The molecule has 0 spiro atoms. The largest absolute Gasteiger partial charge is 0.442 e. The minimum atomic E-state index is -0.949. The van der Waals surface area contributed by atoms with E-state index in [1.54, 1.807) is 12.3 Å². The predicted octanol–water partition coefficient (Wildman–Crippen LogP) is 3.91. The topological polar surface area (TPSA) is 114 Å². The zero-order chi connectivity index (χ0) is 21.8. The van der Waals surface area contributed by atoms with E-state index in [-0.39, 0.29) is 24.0 Å². The summed E-state index contributed by atoms with van der Waals surface area (Å²) in [5.74, 6) is -1.25. The Bertz CT molecular complexity index is 1070. The van der Waals surface area contributed by atoms with Crippen LogP contribution in [0.25, 0.3) is 0 Å². The van der Waals surface area contributed by atoms with Crippen molar-refractivity contribution >= 4 is 17.9 Å². The molecule has 3 rings (SSSR count). The quantitative estimate of drug-likeness (QED) is 0.522. The van der Waals surface area contributed by atoms with Gasteiger partial charge in [-0.25, -0.2) is 18.6 Å². The van der Waals surface area contributed by atoms with Crippen molar-refractivity contribution in [3.05, 3.63) is 75.6 Å². The summed E-state index contributed by atoms with van der Waals surface area (Å²) in [5.41, 5.74) is 6.20. The molecule has 0 aliphatic rings. The van der Waals surface area contributed by atoms with Crippen LogP contribution in [0.4, 0.5) is 13.6 Å². The molecule has 10 heteroatoms. The van der Waals surface area contributed by atoms with Gasteiger partial charge in [-0.05, 0) is 23.6 Å². The number of H-pyrrole nitrogens is 2. The number of benzene rings is 1. The number of amides is 1. The first-order valence-corrected chi connectivity index (χ1v) is 9.88. The monoisotopic (exact) mass is 434 g/mol. The molecule has 4 N–H and O–H groups in total. The van der Waals surface area contributed by atoms with Crippen LogP contribution in [0, 0.1) is 17.6 Å². The highest BCUT2D eigenvalue weighted by molar-refractivity contribution is 7.99. The number of carbonyl (C=O) groups is 1. The Morgan fingerprint density at radius 2 is 1.93 bits per heavy atom. The number of hydrogen-bond donors (Lipinski definition) is 3. The fourth-order valence-electron chi connectivity index (χ4n) is 3.10. The van der Waals surface area contributed by atoms with Crippen molar-refractivity contribution < 1.29 is 18.3 Å². The fraction of sp³-hybridized carbons (Fsp3) is 0.250. The van der Waals surface area contributed by atoms with Crippen LogP contribution in [-0.2, 0) is 11.3 Å². The number of nitrogens with one attached hydrogen (secondary N) is 2. The first kappa shape index (κ1) is 21.6. The lowest BCUT2D eigenvalue weighted by Crippen LogP contribution is -2.14. The van der Waals surface area contributed by atoms with E-state index in [4.69, 9.17) is 10.5 Å². The average molecular weight is 434 g/mol. The molecule has 3 aromatic rings. The molecule has 1 unspecified atom stereocenters. The molecule has 30 heavy (non-hydrogen) atoms. The number of aromatic nitrogens is 3. The second kappa shape index (κ2) is 9.12. The van der Waals surface area contributed by atoms with Crippen LogP contribution in [0.15, 0.2) is 51.2 Å². The minimum absolute atomic E-state index is 0.0627. The predicted molar refractivity (Wildman–Crippen MR) is 107 cm³/mol. The van der Waals surface area contributed by atoms with E-state index in [0.717, 1.165) is 23.4 Å². The smallest absolute Gasteiger partial charge is 0.404 e. The van der Waals surface area contributed by atoms with Gasteiger partial charge in [0.05, 0.1) is 5.69 Å². The highest BCUT2D eigenvalue weighted by atomic mass is 32.2. The molecule has 0 fully saturated rings. The van der Waals surface area contributed by atoms with Gasteiger partial charge in [-0.3, -0.25) is 4.79 Å². The number of primary amides is 1. The van der Waals surface area contributed by atoms with Crippen molar-refractivity contribution in [2.24, 2.45) is 11.7 Å². The van der Waals surface area contributed by atoms with Crippen molar-refractivity contribution in [3.8, 4) is 0 Å². The Morgan fingerprint density at radius 3 is 2.50 bits per heavy atom. The molecule has 7 nitrogen and oxygen atoms in total. The minimum Gasteiger partial charge on any atom is -0.442 e. The number of pyridine rings is 1. The normalized spacial score (nSPS) is 12.2. The number of halogens is 2. The van der Waals surface area contributed by atoms with Gasteiger partial charge in [0, 0.05) is 29.1 Å². The maximum absolute atomic E-state index is 13.7. The molecule has 1 amide bonds. The first-order chi connectivity index (χ1) is 14.2. The van der Waals surface area contributed by atoms with Gasteiger partial charge in [0.15, 0.2) is 6.61 Å². The lowest BCUT2D eigenvalue weighted by Gasteiger charge is -2.20. The SMILES string of the molecule is CC(C)C(c1ccc(=O)[nH]c1)c1nc(COC(N)=O)[nH]c1Sc1cc(F)cc(F)c1.